The second kappa shape index (κ2) is 8.65. The molecular weight excluding hydrogens is 412 g/mol. The van der Waals surface area contributed by atoms with Crippen LogP contribution in [0.25, 0.3) is 21.8 Å². The summed E-state index contributed by atoms with van der Waals surface area (Å²) in [5.74, 6) is -0.326. The van der Waals surface area contributed by atoms with Gasteiger partial charge in [-0.3, -0.25) is 4.79 Å². The third-order valence-electron chi connectivity index (χ3n) is 3.96. The van der Waals surface area contributed by atoms with Gasteiger partial charge in [-0.2, -0.15) is 0 Å². The van der Waals surface area contributed by atoms with E-state index < -0.39 is 0 Å². The number of hydrogen-bond donors (Lipinski definition) is 0. The number of rotatable bonds is 6. The second-order valence-electron chi connectivity index (χ2n) is 5.95. The van der Waals surface area contributed by atoms with Gasteiger partial charge >= 0.3 is 5.97 Å². The van der Waals surface area contributed by atoms with Crippen molar-refractivity contribution < 1.29 is 9.53 Å². The summed E-state index contributed by atoms with van der Waals surface area (Å²) in [4.78, 5) is 21.2. The minimum absolute atomic E-state index is 0.123. The maximum absolute atomic E-state index is 12.2. The summed E-state index contributed by atoms with van der Waals surface area (Å²) in [5, 5.41) is 6.03. The molecule has 4 aromatic rings. The zero-order valence-corrected chi connectivity index (χ0v) is 17.1. The molecule has 0 aliphatic heterocycles. The molecule has 0 N–H and O–H groups in total. The van der Waals surface area contributed by atoms with Crippen LogP contribution in [-0.2, 0) is 22.6 Å². The van der Waals surface area contributed by atoms with Crippen LogP contribution in [0.1, 0.15) is 10.7 Å². The van der Waals surface area contributed by atoms with E-state index in [1.807, 2.05) is 65.4 Å². The molecule has 0 unspecified atom stereocenters. The summed E-state index contributed by atoms with van der Waals surface area (Å²) in [5.41, 5.74) is 3.48. The van der Waals surface area contributed by atoms with E-state index >= 15 is 0 Å². The molecule has 0 aliphatic rings. The van der Waals surface area contributed by atoms with Gasteiger partial charge in [-0.05, 0) is 6.07 Å². The highest BCUT2D eigenvalue weighted by molar-refractivity contribution is 7.13. The van der Waals surface area contributed by atoms with Crippen molar-refractivity contribution in [2.45, 2.75) is 13.0 Å². The number of aromatic nitrogens is 2. The fourth-order valence-electron chi connectivity index (χ4n) is 2.61. The third-order valence-corrected chi connectivity index (χ3v) is 6.04. The highest BCUT2D eigenvalue weighted by atomic mass is 35.5. The molecule has 4 rings (SSSR count). The largest absolute Gasteiger partial charge is 0.458 e. The molecule has 7 heteroatoms. The van der Waals surface area contributed by atoms with Crippen LogP contribution < -0.4 is 0 Å². The second-order valence-corrected chi connectivity index (χ2v) is 8.16. The molecule has 2 aromatic heterocycles. The van der Waals surface area contributed by atoms with E-state index in [-0.39, 0.29) is 19.0 Å². The van der Waals surface area contributed by atoms with Crippen molar-refractivity contribution in [2.75, 3.05) is 0 Å². The van der Waals surface area contributed by atoms with E-state index in [0.717, 1.165) is 26.8 Å². The maximum atomic E-state index is 12.2. The van der Waals surface area contributed by atoms with E-state index in [1.54, 1.807) is 0 Å². The van der Waals surface area contributed by atoms with Gasteiger partial charge in [0, 0.05) is 21.9 Å². The van der Waals surface area contributed by atoms with Crippen LogP contribution in [0.2, 0.25) is 5.02 Å². The average molecular weight is 427 g/mol. The number of nitrogens with zero attached hydrogens (tertiary/aromatic N) is 2. The van der Waals surface area contributed by atoms with Crippen molar-refractivity contribution in [3.8, 4) is 21.8 Å². The number of esters is 1. The molecule has 0 fully saturated rings. The molecule has 0 amide bonds. The zero-order chi connectivity index (χ0) is 19.3. The van der Waals surface area contributed by atoms with Gasteiger partial charge in [0.15, 0.2) is 0 Å². The van der Waals surface area contributed by atoms with Crippen LogP contribution in [0.4, 0.5) is 0 Å². The van der Waals surface area contributed by atoms with Crippen LogP contribution in [0, 0.1) is 0 Å². The summed E-state index contributed by atoms with van der Waals surface area (Å²) in [6.45, 7) is 0.165. The zero-order valence-electron chi connectivity index (χ0n) is 14.7. The van der Waals surface area contributed by atoms with Crippen molar-refractivity contribution in [3.05, 3.63) is 81.1 Å². The molecule has 2 heterocycles. The van der Waals surface area contributed by atoms with Crippen LogP contribution in [-0.4, -0.2) is 15.9 Å². The Bertz CT molecular complexity index is 1090. The Kier molecular flexibility index (Phi) is 5.81. The van der Waals surface area contributed by atoms with Gasteiger partial charge in [0.1, 0.15) is 16.6 Å². The topological polar surface area (TPSA) is 52.1 Å². The fourth-order valence-corrected chi connectivity index (χ4v) is 4.46. The van der Waals surface area contributed by atoms with Gasteiger partial charge < -0.3 is 4.74 Å². The van der Waals surface area contributed by atoms with Crippen LogP contribution >= 0.6 is 34.3 Å². The summed E-state index contributed by atoms with van der Waals surface area (Å²) in [6, 6.07) is 17.4. The molecule has 4 nitrogen and oxygen atoms in total. The minimum atomic E-state index is -0.326. The van der Waals surface area contributed by atoms with Crippen molar-refractivity contribution in [1.29, 1.82) is 0 Å². The first-order chi connectivity index (χ1) is 13.7. The van der Waals surface area contributed by atoms with E-state index in [0.29, 0.717) is 10.7 Å². The van der Waals surface area contributed by atoms with Gasteiger partial charge in [0.25, 0.3) is 0 Å². The lowest BCUT2D eigenvalue weighted by molar-refractivity contribution is -0.144. The molecule has 0 spiro atoms. The summed E-state index contributed by atoms with van der Waals surface area (Å²) in [7, 11) is 0. The first-order valence-electron chi connectivity index (χ1n) is 8.54. The maximum Gasteiger partial charge on any atom is 0.312 e. The first-order valence-corrected chi connectivity index (χ1v) is 10.7. The standard InChI is InChI=1S/C21H15ClN2O2S2/c22-17-9-5-4-8-16(17)21-23-15(12-28-21)10-20(25)26-11-19-24-18(13-27-19)14-6-2-1-3-7-14/h1-9,12-13H,10-11H2. The highest BCUT2D eigenvalue weighted by Gasteiger charge is 2.13. The van der Waals surface area contributed by atoms with Crippen LogP contribution in [0.15, 0.2) is 65.4 Å². The molecule has 2 aromatic carbocycles. The summed E-state index contributed by atoms with van der Waals surface area (Å²) < 4.78 is 5.37. The summed E-state index contributed by atoms with van der Waals surface area (Å²) >= 11 is 9.15. The normalized spacial score (nSPS) is 10.8. The molecule has 0 saturated carbocycles. The Labute approximate surface area is 175 Å². The van der Waals surface area contributed by atoms with E-state index in [9.17, 15) is 4.79 Å². The highest BCUT2D eigenvalue weighted by Crippen LogP contribution is 2.30. The fraction of sp³-hybridized carbons (Fsp3) is 0.0952. The molecule has 0 aliphatic carbocycles. The predicted octanol–water partition coefficient (Wildman–Crippen LogP) is 5.87. The Hall–Kier alpha value is -2.54. The number of ether oxygens (including phenoxy) is 1. The SMILES string of the molecule is O=C(Cc1csc(-c2ccccc2Cl)n1)OCc1nc(-c2ccccc2)cs1. The van der Waals surface area contributed by atoms with E-state index in [1.165, 1.54) is 22.7 Å². The monoisotopic (exact) mass is 426 g/mol. The molecule has 0 radical (unpaired) electrons. The number of carbonyl (C=O) groups is 1. The molecular formula is C21H15ClN2O2S2. The van der Waals surface area contributed by atoms with Crippen molar-refractivity contribution >= 4 is 40.2 Å². The van der Waals surface area contributed by atoms with Crippen molar-refractivity contribution in [1.82, 2.24) is 9.97 Å². The number of halogens is 1. The predicted molar refractivity (Wildman–Crippen MR) is 114 cm³/mol. The van der Waals surface area contributed by atoms with Gasteiger partial charge in [-0.25, -0.2) is 9.97 Å². The quantitative estimate of drug-likeness (QED) is 0.361. The smallest absolute Gasteiger partial charge is 0.312 e. The summed E-state index contributed by atoms with van der Waals surface area (Å²) in [6.07, 6.45) is 0.123. The Balaban J connectivity index is 1.34. The minimum Gasteiger partial charge on any atom is -0.458 e. The number of carbonyl (C=O) groups excluding carboxylic acids is 1. The first kappa shape index (κ1) is 18.8. The van der Waals surface area contributed by atoms with Gasteiger partial charge in [-0.1, -0.05) is 60.1 Å². The van der Waals surface area contributed by atoms with Crippen molar-refractivity contribution in [2.24, 2.45) is 0 Å². The van der Waals surface area contributed by atoms with E-state index in [4.69, 9.17) is 16.3 Å². The molecule has 140 valence electrons. The average Bonchev–Trinajstić information content (AvgIpc) is 3.37. The van der Waals surface area contributed by atoms with Crippen LogP contribution in [0.3, 0.4) is 0 Å². The van der Waals surface area contributed by atoms with Gasteiger partial charge in [0.05, 0.1) is 22.8 Å². The Morgan fingerprint density at radius 1 is 0.964 bits per heavy atom. The Morgan fingerprint density at radius 3 is 2.57 bits per heavy atom. The van der Waals surface area contributed by atoms with Gasteiger partial charge in [-0.15, -0.1) is 22.7 Å². The lowest BCUT2D eigenvalue weighted by Gasteiger charge is -2.01. The Morgan fingerprint density at radius 2 is 1.75 bits per heavy atom. The number of hydrogen-bond acceptors (Lipinski definition) is 6. The molecule has 28 heavy (non-hydrogen) atoms. The molecule has 0 saturated heterocycles. The van der Waals surface area contributed by atoms with Gasteiger partial charge in [0.2, 0.25) is 0 Å². The van der Waals surface area contributed by atoms with E-state index in [2.05, 4.69) is 9.97 Å². The lowest BCUT2D eigenvalue weighted by atomic mass is 10.2. The van der Waals surface area contributed by atoms with Crippen LogP contribution in [0.5, 0.6) is 0 Å². The molecule has 0 atom stereocenters. The number of benzene rings is 2. The molecule has 0 bridgehead atoms. The third kappa shape index (κ3) is 4.47. The van der Waals surface area contributed by atoms with Crippen molar-refractivity contribution in [3.63, 3.8) is 0 Å². The number of thiazole rings is 2. The lowest BCUT2D eigenvalue weighted by Crippen LogP contribution is -2.08.